The number of hydrogen-bond donors (Lipinski definition) is 2. The van der Waals surface area contributed by atoms with Gasteiger partial charge in [0.1, 0.15) is 0 Å². The van der Waals surface area contributed by atoms with Gasteiger partial charge in [0.2, 0.25) is 0 Å². The molecule has 1 fully saturated rings. The van der Waals surface area contributed by atoms with E-state index in [1.54, 1.807) is 0 Å². The van der Waals surface area contributed by atoms with Gasteiger partial charge in [-0.15, -0.1) is 11.3 Å². The van der Waals surface area contributed by atoms with E-state index in [1.807, 2.05) is 35.7 Å². The first-order valence-electron chi connectivity index (χ1n) is 11.5. The molecule has 3 heterocycles. The van der Waals surface area contributed by atoms with Crippen molar-refractivity contribution in [1.29, 1.82) is 0 Å². The predicted molar refractivity (Wildman–Crippen MR) is 139 cm³/mol. The van der Waals surface area contributed by atoms with E-state index in [-0.39, 0.29) is 5.91 Å². The lowest BCUT2D eigenvalue weighted by Crippen LogP contribution is -2.34. The van der Waals surface area contributed by atoms with Gasteiger partial charge in [0.15, 0.2) is 0 Å². The average Bonchev–Trinajstić information content (AvgIpc) is 3.51. The number of hydrogen-bond acceptors (Lipinski definition) is 3. The molecule has 0 saturated carbocycles. The van der Waals surface area contributed by atoms with Gasteiger partial charge in [-0.1, -0.05) is 35.9 Å². The summed E-state index contributed by atoms with van der Waals surface area (Å²) in [5, 5.41) is 7.01. The predicted octanol–water partition coefficient (Wildman–Crippen LogP) is 6.87. The van der Waals surface area contributed by atoms with Crippen LogP contribution in [-0.2, 0) is 6.42 Å². The Morgan fingerprint density at radius 3 is 2.82 bits per heavy atom. The molecular weight excluding hydrogens is 450 g/mol. The number of amides is 1. The molecule has 4 aromatic rings. The molecule has 0 aliphatic carbocycles. The number of nitrogens with zero attached hydrogens (tertiary/aromatic N) is 1. The largest absolute Gasteiger partial charge is 0.360 e. The highest BCUT2D eigenvalue weighted by Gasteiger charge is 2.23. The standard InChI is InChI=1S/C27H28ClN3OS/c1-18-7-8-21(30-27(32)25-6-3-15-33-25)16-20(18)11-14-31-12-9-19(10-13-31)23-17-29-26-22(23)4-2-5-24(26)28/h2-8,15-17,19,29H,9-14H2,1H3,(H,30,32). The van der Waals surface area contributed by atoms with Crippen LogP contribution in [0.25, 0.3) is 10.9 Å². The van der Waals surface area contributed by atoms with Gasteiger partial charge in [0, 0.05) is 23.8 Å². The lowest BCUT2D eigenvalue weighted by atomic mass is 9.89. The minimum Gasteiger partial charge on any atom is -0.360 e. The molecule has 170 valence electrons. The zero-order chi connectivity index (χ0) is 22.8. The Hall–Kier alpha value is -2.60. The second-order valence-corrected chi connectivity index (χ2v) is 10.2. The minimum atomic E-state index is -0.0413. The monoisotopic (exact) mass is 477 g/mol. The summed E-state index contributed by atoms with van der Waals surface area (Å²) in [7, 11) is 0. The summed E-state index contributed by atoms with van der Waals surface area (Å²) in [5.41, 5.74) is 5.89. The Kier molecular flexibility index (Phi) is 6.54. The topological polar surface area (TPSA) is 48.1 Å². The van der Waals surface area contributed by atoms with Crippen LogP contribution < -0.4 is 5.32 Å². The van der Waals surface area contributed by atoms with E-state index < -0.39 is 0 Å². The lowest BCUT2D eigenvalue weighted by Gasteiger charge is -2.32. The number of halogens is 1. The first-order chi connectivity index (χ1) is 16.1. The Morgan fingerprint density at radius 2 is 2.03 bits per heavy atom. The molecule has 0 atom stereocenters. The number of anilines is 1. The number of aromatic amines is 1. The molecular formula is C27H28ClN3OS. The van der Waals surface area contributed by atoms with Crippen molar-refractivity contribution in [1.82, 2.24) is 9.88 Å². The first-order valence-corrected chi connectivity index (χ1v) is 12.8. The number of H-pyrrole nitrogens is 1. The number of aryl methyl sites for hydroxylation is 1. The Bertz CT molecular complexity index is 1260. The van der Waals surface area contributed by atoms with Crippen molar-refractivity contribution in [3.05, 3.63) is 86.7 Å². The molecule has 0 bridgehead atoms. The van der Waals surface area contributed by atoms with Crippen LogP contribution in [0.15, 0.2) is 60.1 Å². The van der Waals surface area contributed by atoms with E-state index in [0.717, 1.165) is 60.0 Å². The van der Waals surface area contributed by atoms with Gasteiger partial charge in [-0.25, -0.2) is 0 Å². The van der Waals surface area contributed by atoms with Crippen LogP contribution in [0.1, 0.15) is 45.1 Å². The summed E-state index contributed by atoms with van der Waals surface area (Å²) >= 11 is 7.81. The number of likely N-dealkylation sites (tertiary alicyclic amines) is 1. The van der Waals surface area contributed by atoms with Crippen molar-refractivity contribution in [3.63, 3.8) is 0 Å². The van der Waals surface area contributed by atoms with Crippen molar-refractivity contribution >= 4 is 45.4 Å². The molecule has 5 rings (SSSR count). The van der Waals surface area contributed by atoms with Gasteiger partial charge in [-0.05, 0) is 91.5 Å². The molecule has 1 saturated heterocycles. The van der Waals surface area contributed by atoms with E-state index in [0.29, 0.717) is 5.92 Å². The zero-order valence-corrected chi connectivity index (χ0v) is 20.3. The van der Waals surface area contributed by atoms with Crippen molar-refractivity contribution in [3.8, 4) is 0 Å². The SMILES string of the molecule is Cc1ccc(NC(=O)c2cccs2)cc1CCN1CCC(c2c[nH]c3c(Cl)cccc23)CC1. The van der Waals surface area contributed by atoms with Gasteiger partial charge in [-0.2, -0.15) is 0 Å². The fourth-order valence-electron chi connectivity index (χ4n) is 4.84. The number of rotatable bonds is 6. The number of piperidine rings is 1. The summed E-state index contributed by atoms with van der Waals surface area (Å²) in [6.45, 7) is 5.39. The molecule has 33 heavy (non-hydrogen) atoms. The van der Waals surface area contributed by atoms with E-state index in [1.165, 1.54) is 33.4 Å². The van der Waals surface area contributed by atoms with E-state index in [2.05, 4.69) is 46.5 Å². The third-order valence-corrected chi connectivity index (χ3v) is 7.96. The molecule has 0 unspecified atom stereocenters. The number of para-hydroxylation sites is 1. The maximum Gasteiger partial charge on any atom is 0.265 e. The van der Waals surface area contributed by atoms with E-state index >= 15 is 0 Å². The van der Waals surface area contributed by atoms with Crippen molar-refractivity contribution in [2.45, 2.75) is 32.1 Å². The summed E-state index contributed by atoms with van der Waals surface area (Å²) in [4.78, 5) is 19.1. The molecule has 2 aromatic carbocycles. The fraction of sp³-hybridized carbons (Fsp3) is 0.296. The smallest absolute Gasteiger partial charge is 0.265 e. The molecule has 1 amide bonds. The Labute approximate surface area is 203 Å². The molecule has 1 aliphatic rings. The normalized spacial score (nSPS) is 15.2. The van der Waals surface area contributed by atoms with Crippen LogP contribution >= 0.6 is 22.9 Å². The number of aromatic nitrogens is 1. The van der Waals surface area contributed by atoms with Gasteiger partial charge in [0.25, 0.3) is 5.91 Å². The zero-order valence-electron chi connectivity index (χ0n) is 18.7. The number of carbonyl (C=O) groups excluding carboxylic acids is 1. The highest BCUT2D eigenvalue weighted by Crippen LogP contribution is 2.35. The maximum atomic E-state index is 12.4. The van der Waals surface area contributed by atoms with Crippen LogP contribution in [0.2, 0.25) is 5.02 Å². The molecule has 6 heteroatoms. The van der Waals surface area contributed by atoms with E-state index in [9.17, 15) is 4.79 Å². The number of benzene rings is 2. The summed E-state index contributed by atoms with van der Waals surface area (Å²) < 4.78 is 0. The quantitative estimate of drug-likeness (QED) is 0.318. The van der Waals surface area contributed by atoms with Crippen LogP contribution in [0.4, 0.5) is 5.69 Å². The molecule has 0 radical (unpaired) electrons. The Morgan fingerprint density at radius 1 is 1.18 bits per heavy atom. The van der Waals surface area contributed by atoms with Crippen LogP contribution in [0.5, 0.6) is 0 Å². The first kappa shape index (κ1) is 22.2. The highest BCUT2D eigenvalue weighted by molar-refractivity contribution is 7.12. The molecule has 2 aromatic heterocycles. The van der Waals surface area contributed by atoms with Crippen LogP contribution in [-0.4, -0.2) is 35.4 Å². The minimum absolute atomic E-state index is 0.0413. The summed E-state index contributed by atoms with van der Waals surface area (Å²) in [6, 6.07) is 16.1. The van der Waals surface area contributed by atoms with Gasteiger partial charge >= 0.3 is 0 Å². The van der Waals surface area contributed by atoms with E-state index in [4.69, 9.17) is 11.6 Å². The molecule has 2 N–H and O–H groups in total. The third kappa shape index (κ3) is 4.86. The second kappa shape index (κ2) is 9.72. The summed E-state index contributed by atoms with van der Waals surface area (Å²) in [5.74, 6) is 0.534. The summed E-state index contributed by atoms with van der Waals surface area (Å²) in [6.07, 6.45) is 5.46. The Balaban J connectivity index is 1.18. The van der Waals surface area contributed by atoms with Crippen LogP contribution in [0, 0.1) is 6.92 Å². The van der Waals surface area contributed by atoms with Crippen LogP contribution in [0.3, 0.4) is 0 Å². The average molecular weight is 478 g/mol. The fourth-order valence-corrected chi connectivity index (χ4v) is 5.69. The molecule has 1 aliphatic heterocycles. The number of fused-ring (bicyclic) bond motifs is 1. The molecule has 4 nitrogen and oxygen atoms in total. The van der Waals surface area contributed by atoms with Crippen molar-refractivity contribution in [2.24, 2.45) is 0 Å². The van der Waals surface area contributed by atoms with Crippen molar-refractivity contribution in [2.75, 3.05) is 25.0 Å². The number of carbonyl (C=O) groups is 1. The number of thiophene rings is 1. The number of nitrogens with one attached hydrogen (secondary N) is 2. The van der Waals surface area contributed by atoms with Crippen molar-refractivity contribution < 1.29 is 4.79 Å². The van der Waals surface area contributed by atoms with Gasteiger partial charge in [-0.3, -0.25) is 4.79 Å². The second-order valence-electron chi connectivity index (χ2n) is 8.85. The molecule has 0 spiro atoms. The third-order valence-electron chi connectivity index (χ3n) is 6.77. The lowest BCUT2D eigenvalue weighted by molar-refractivity contribution is 0.103. The van der Waals surface area contributed by atoms with Gasteiger partial charge < -0.3 is 15.2 Å². The highest BCUT2D eigenvalue weighted by atomic mass is 35.5. The van der Waals surface area contributed by atoms with Gasteiger partial charge in [0.05, 0.1) is 15.4 Å². The maximum absolute atomic E-state index is 12.4.